The van der Waals surface area contributed by atoms with E-state index < -0.39 is 11.7 Å². The van der Waals surface area contributed by atoms with E-state index in [2.05, 4.69) is 5.32 Å². The number of nitrogens with one attached hydrogen (secondary N) is 1. The van der Waals surface area contributed by atoms with Gasteiger partial charge in [0.15, 0.2) is 11.5 Å². The molecule has 0 aromatic heterocycles. The topological polar surface area (TPSA) is 82.8 Å². The number of benzene rings is 1. The molecule has 6 nitrogen and oxygen atoms in total. The molecule has 6 heteroatoms. The van der Waals surface area contributed by atoms with Crippen molar-refractivity contribution in [1.82, 2.24) is 0 Å². The maximum atomic E-state index is 11.9. The first-order valence-electron chi connectivity index (χ1n) is 6.69. The third kappa shape index (κ3) is 4.82. The molecule has 118 valence electrons. The van der Waals surface area contributed by atoms with Gasteiger partial charge in [0.25, 0.3) is 0 Å². The average Bonchev–Trinajstić information content (AvgIpc) is 2.35. The van der Waals surface area contributed by atoms with Crippen LogP contribution < -0.4 is 20.5 Å². The van der Waals surface area contributed by atoms with Crippen molar-refractivity contribution in [2.75, 3.05) is 19.5 Å². The molecule has 0 bridgehead atoms. The number of ether oxygens (including phenoxy) is 3. The molecule has 0 heterocycles. The molecule has 1 aromatic carbocycles. The lowest BCUT2D eigenvalue weighted by Crippen LogP contribution is -2.27. The zero-order valence-electron chi connectivity index (χ0n) is 13.4. The van der Waals surface area contributed by atoms with E-state index in [1.165, 1.54) is 14.2 Å². The number of anilines is 1. The van der Waals surface area contributed by atoms with Crippen molar-refractivity contribution >= 4 is 11.8 Å². The average molecular weight is 296 g/mol. The van der Waals surface area contributed by atoms with Crippen LogP contribution in [0.4, 0.5) is 10.5 Å². The Hall–Kier alpha value is -1.95. The largest absolute Gasteiger partial charge is 0.493 e. The fraction of sp³-hybridized carbons (Fsp3) is 0.533. The van der Waals surface area contributed by atoms with Gasteiger partial charge in [-0.25, -0.2) is 4.79 Å². The van der Waals surface area contributed by atoms with Crippen LogP contribution in [0.25, 0.3) is 0 Å². The Balaban J connectivity index is 3.14. The maximum Gasteiger partial charge on any atom is 0.412 e. The predicted molar refractivity (Wildman–Crippen MR) is 82.0 cm³/mol. The van der Waals surface area contributed by atoms with E-state index in [-0.39, 0.29) is 6.04 Å². The molecule has 0 aliphatic carbocycles. The van der Waals surface area contributed by atoms with Gasteiger partial charge < -0.3 is 19.9 Å². The lowest BCUT2D eigenvalue weighted by Gasteiger charge is -2.21. The summed E-state index contributed by atoms with van der Waals surface area (Å²) >= 11 is 0. The number of carbonyl (C=O) groups excluding carboxylic acids is 1. The first-order chi connectivity index (χ1) is 9.67. The molecule has 0 aliphatic rings. The molecule has 0 radical (unpaired) electrons. The van der Waals surface area contributed by atoms with Crippen molar-refractivity contribution < 1.29 is 19.0 Å². The smallest absolute Gasteiger partial charge is 0.412 e. The van der Waals surface area contributed by atoms with Gasteiger partial charge in [-0.2, -0.15) is 0 Å². The van der Waals surface area contributed by atoms with E-state index in [1.54, 1.807) is 32.9 Å². The number of rotatable bonds is 4. The van der Waals surface area contributed by atoms with Crippen molar-refractivity contribution in [3.05, 3.63) is 17.7 Å². The van der Waals surface area contributed by atoms with Gasteiger partial charge >= 0.3 is 6.09 Å². The molecular formula is C15H24N2O4. The van der Waals surface area contributed by atoms with E-state index in [1.807, 2.05) is 6.92 Å². The molecule has 0 aliphatic heterocycles. The van der Waals surface area contributed by atoms with E-state index in [9.17, 15) is 4.79 Å². The van der Waals surface area contributed by atoms with Crippen LogP contribution in [0.2, 0.25) is 0 Å². The lowest BCUT2D eigenvalue weighted by molar-refractivity contribution is 0.0635. The van der Waals surface area contributed by atoms with Crippen LogP contribution in [0.15, 0.2) is 12.1 Å². The van der Waals surface area contributed by atoms with Gasteiger partial charge in [-0.1, -0.05) is 0 Å². The minimum Gasteiger partial charge on any atom is -0.493 e. The third-order valence-corrected chi connectivity index (χ3v) is 2.66. The Labute approximate surface area is 125 Å². The highest BCUT2D eigenvalue weighted by Gasteiger charge is 2.20. The van der Waals surface area contributed by atoms with Crippen LogP contribution >= 0.6 is 0 Å². The number of carbonyl (C=O) groups is 1. The lowest BCUT2D eigenvalue weighted by atomic mass is 10.1. The molecule has 0 unspecified atom stereocenters. The molecule has 0 saturated heterocycles. The maximum absolute atomic E-state index is 11.9. The molecule has 0 fully saturated rings. The summed E-state index contributed by atoms with van der Waals surface area (Å²) in [6.07, 6.45) is -0.565. The van der Waals surface area contributed by atoms with Gasteiger partial charge in [0.1, 0.15) is 5.60 Å². The SMILES string of the molecule is COc1cc([C@H](C)N)cc(NC(=O)OC(C)(C)C)c1OC. The van der Waals surface area contributed by atoms with Crippen LogP contribution in [0.1, 0.15) is 39.3 Å². The van der Waals surface area contributed by atoms with Gasteiger partial charge in [-0.05, 0) is 45.4 Å². The number of nitrogens with two attached hydrogens (primary N) is 1. The van der Waals surface area contributed by atoms with Crippen LogP contribution in [0.5, 0.6) is 11.5 Å². The molecule has 1 aromatic rings. The molecule has 1 amide bonds. The third-order valence-electron chi connectivity index (χ3n) is 2.66. The summed E-state index contributed by atoms with van der Waals surface area (Å²) in [5.41, 5.74) is 6.58. The molecule has 1 atom stereocenters. The zero-order valence-corrected chi connectivity index (χ0v) is 13.4. The summed E-state index contributed by atoms with van der Waals surface area (Å²) in [6, 6.07) is 3.32. The minimum atomic E-state index is -0.583. The van der Waals surface area contributed by atoms with Crippen molar-refractivity contribution in [2.24, 2.45) is 5.73 Å². The second kappa shape index (κ2) is 6.67. The Morgan fingerprint density at radius 2 is 1.86 bits per heavy atom. The van der Waals surface area contributed by atoms with Crippen molar-refractivity contribution in [2.45, 2.75) is 39.3 Å². The van der Waals surface area contributed by atoms with Crippen molar-refractivity contribution in [3.63, 3.8) is 0 Å². The molecule has 3 N–H and O–H groups in total. The summed E-state index contributed by atoms with van der Waals surface area (Å²) in [5.74, 6) is 0.922. The normalized spacial score (nSPS) is 12.5. The number of hydrogen-bond acceptors (Lipinski definition) is 5. The van der Waals surface area contributed by atoms with Crippen molar-refractivity contribution in [3.8, 4) is 11.5 Å². The highest BCUT2D eigenvalue weighted by atomic mass is 16.6. The molecule has 21 heavy (non-hydrogen) atoms. The fourth-order valence-electron chi connectivity index (χ4n) is 1.76. The molecule has 0 saturated carbocycles. The highest BCUT2D eigenvalue weighted by Crippen LogP contribution is 2.38. The first-order valence-corrected chi connectivity index (χ1v) is 6.69. The van der Waals surface area contributed by atoms with Crippen molar-refractivity contribution in [1.29, 1.82) is 0 Å². The van der Waals surface area contributed by atoms with Crippen LogP contribution in [-0.4, -0.2) is 25.9 Å². The Morgan fingerprint density at radius 1 is 1.24 bits per heavy atom. The standard InChI is InChI=1S/C15H24N2O4/c1-9(16)10-7-11(13(20-6)12(8-10)19-5)17-14(18)21-15(2,3)4/h7-9H,16H2,1-6H3,(H,17,18)/t9-/m0/s1. The van der Waals surface area contributed by atoms with Gasteiger partial charge in [0, 0.05) is 6.04 Å². The second-order valence-corrected chi connectivity index (χ2v) is 5.72. The van der Waals surface area contributed by atoms with E-state index in [0.717, 1.165) is 5.56 Å². The molecule has 1 rings (SSSR count). The van der Waals surface area contributed by atoms with Gasteiger partial charge in [-0.3, -0.25) is 5.32 Å². The summed E-state index contributed by atoms with van der Waals surface area (Å²) in [7, 11) is 3.03. The Morgan fingerprint density at radius 3 is 2.29 bits per heavy atom. The molecular weight excluding hydrogens is 272 g/mol. The summed E-state index contributed by atoms with van der Waals surface area (Å²) < 4.78 is 15.8. The van der Waals surface area contributed by atoms with Crippen LogP contribution in [-0.2, 0) is 4.74 Å². The van der Waals surface area contributed by atoms with E-state index in [4.69, 9.17) is 19.9 Å². The zero-order chi connectivity index (χ0) is 16.2. The van der Waals surface area contributed by atoms with Crippen LogP contribution in [0, 0.1) is 0 Å². The van der Waals surface area contributed by atoms with Gasteiger partial charge in [0.2, 0.25) is 0 Å². The fourth-order valence-corrected chi connectivity index (χ4v) is 1.76. The van der Waals surface area contributed by atoms with Gasteiger partial charge in [0.05, 0.1) is 19.9 Å². The minimum absolute atomic E-state index is 0.205. The Kier molecular flexibility index (Phi) is 5.43. The highest BCUT2D eigenvalue weighted by molar-refractivity contribution is 5.88. The Bertz CT molecular complexity index is 507. The number of amides is 1. The van der Waals surface area contributed by atoms with Gasteiger partial charge in [-0.15, -0.1) is 0 Å². The monoisotopic (exact) mass is 296 g/mol. The first kappa shape index (κ1) is 17.1. The predicted octanol–water partition coefficient (Wildman–Crippen LogP) is 3.07. The summed E-state index contributed by atoms with van der Waals surface area (Å²) in [6.45, 7) is 7.23. The second-order valence-electron chi connectivity index (χ2n) is 5.72. The summed E-state index contributed by atoms with van der Waals surface area (Å²) in [4.78, 5) is 11.9. The number of methoxy groups -OCH3 is 2. The number of hydrogen-bond donors (Lipinski definition) is 2. The quantitative estimate of drug-likeness (QED) is 0.892. The molecule has 0 spiro atoms. The van der Waals surface area contributed by atoms with E-state index >= 15 is 0 Å². The summed E-state index contributed by atoms with van der Waals surface area (Å²) in [5, 5.41) is 2.67. The van der Waals surface area contributed by atoms with E-state index in [0.29, 0.717) is 17.2 Å². The van der Waals surface area contributed by atoms with Crippen LogP contribution in [0.3, 0.4) is 0 Å².